The number of benzene rings is 1. The van der Waals surface area contributed by atoms with E-state index in [9.17, 15) is 9.59 Å². The fourth-order valence-corrected chi connectivity index (χ4v) is 4.01. The van der Waals surface area contributed by atoms with Gasteiger partial charge >= 0.3 is 0 Å². The first-order valence-electron chi connectivity index (χ1n) is 8.53. The molecule has 2 unspecified atom stereocenters. The Morgan fingerprint density at radius 2 is 1.96 bits per heavy atom. The molecule has 1 aromatic rings. The highest BCUT2D eigenvalue weighted by Crippen LogP contribution is 2.36. The van der Waals surface area contributed by atoms with Gasteiger partial charge in [-0.3, -0.25) is 9.59 Å². The molecule has 0 aromatic heterocycles. The predicted octanol–water partition coefficient (Wildman–Crippen LogP) is 2.20. The summed E-state index contributed by atoms with van der Waals surface area (Å²) in [5.41, 5.74) is 7.67. The highest BCUT2D eigenvalue weighted by atomic mass is 35.5. The Morgan fingerprint density at radius 1 is 1.29 bits per heavy atom. The molecule has 0 aliphatic carbocycles. The molecule has 2 amide bonds. The van der Waals surface area contributed by atoms with Gasteiger partial charge in [-0.25, -0.2) is 0 Å². The quantitative estimate of drug-likeness (QED) is 0.909. The van der Waals surface area contributed by atoms with Crippen molar-refractivity contribution in [3.63, 3.8) is 0 Å². The number of rotatable bonds is 3. The SMILES string of the molecule is CC(N)C(=O)N1CCC(C(C)N2C(=O)Cc3ccc(Cl)cc32)CC1. The molecule has 2 aliphatic heterocycles. The summed E-state index contributed by atoms with van der Waals surface area (Å²) in [7, 11) is 0. The molecule has 130 valence electrons. The molecule has 0 saturated carbocycles. The minimum atomic E-state index is -0.451. The highest BCUT2D eigenvalue weighted by molar-refractivity contribution is 6.31. The van der Waals surface area contributed by atoms with E-state index >= 15 is 0 Å². The van der Waals surface area contributed by atoms with Crippen LogP contribution in [0.4, 0.5) is 5.69 Å². The van der Waals surface area contributed by atoms with Gasteiger partial charge in [-0.05, 0) is 50.3 Å². The third kappa shape index (κ3) is 3.15. The van der Waals surface area contributed by atoms with Crippen molar-refractivity contribution in [1.29, 1.82) is 0 Å². The number of hydrogen-bond acceptors (Lipinski definition) is 3. The van der Waals surface area contributed by atoms with Crippen molar-refractivity contribution < 1.29 is 9.59 Å². The standard InChI is InChI=1S/C18H24ClN3O2/c1-11(20)18(24)21-7-5-13(6-8-21)12(2)22-16-10-15(19)4-3-14(16)9-17(22)23/h3-4,10-13H,5-9,20H2,1-2H3. The van der Waals surface area contributed by atoms with E-state index in [4.69, 9.17) is 17.3 Å². The lowest BCUT2D eigenvalue weighted by Crippen LogP contribution is -2.49. The van der Waals surface area contributed by atoms with Gasteiger partial charge in [-0.1, -0.05) is 17.7 Å². The van der Waals surface area contributed by atoms with Gasteiger partial charge in [-0.2, -0.15) is 0 Å². The zero-order valence-electron chi connectivity index (χ0n) is 14.2. The number of nitrogens with two attached hydrogens (primary N) is 1. The second-order valence-corrected chi connectivity index (χ2v) is 7.34. The average molecular weight is 350 g/mol. The number of halogens is 1. The molecule has 2 N–H and O–H groups in total. The maximum atomic E-state index is 12.5. The van der Waals surface area contributed by atoms with Crippen molar-refractivity contribution in [3.8, 4) is 0 Å². The first-order valence-corrected chi connectivity index (χ1v) is 8.91. The molecular formula is C18H24ClN3O2. The Labute approximate surface area is 147 Å². The lowest BCUT2D eigenvalue weighted by Gasteiger charge is -2.39. The van der Waals surface area contributed by atoms with Gasteiger partial charge in [0.15, 0.2) is 0 Å². The highest BCUT2D eigenvalue weighted by Gasteiger charge is 2.36. The normalized spacial score (nSPS) is 20.9. The Balaban J connectivity index is 1.70. The summed E-state index contributed by atoms with van der Waals surface area (Å²) in [6.45, 7) is 5.24. The van der Waals surface area contributed by atoms with Crippen molar-refractivity contribution >= 4 is 29.1 Å². The molecule has 0 bridgehead atoms. The van der Waals surface area contributed by atoms with E-state index < -0.39 is 6.04 Å². The Hall–Kier alpha value is -1.59. The van der Waals surface area contributed by atoms with Crippen LogP contribution in [0, 0.1) is 5.92 Å². The van der Waals surface area contributed by atoms with Crippen LogP contribution in [0.1, 0.15) is 32.3 Å². The molecule has 3 rings (SSSR count). The van der Waals surface area contributed by atoms with Crippen LogP contribution in [0.15, 0.2) is 18.2 Å². The van der Waals surface area contributed by atoms with E-state index in [0.717, 1.165) is 24.1 Å². The smallest absolute Gasteiger partial charge is 0.239 e. The average Bonchev–Trinajstić information content (AvgIpc) is 2.88. The van der Waals surface area contributed by atoms with Crippen molar-refractivity contribution in [1.82, 2.24) is 4.90 Å². The summed E-state index contributed by atoms with van der Waals surface area (Å²) in [5.74, 6) is 0.514. The van der Waals surface area contributed by atoms with Gasteiger partial charge in [0.25, 0.3) is 0 Å². The third-order valence-electron chi connectivity index (χ3n) is 5.25. The van der Waals surface area contributed by atoms with Crippen molar-refractivity contribution in [2.24, 2.45) is 11.7 Å². The van der Waals surface area contributed by atoms with Crippen molar-refractivity contribution in [3.05, 3.63) is 28.8 Å². The minimum absolute atomic E-state index is 0.00970. The van der Waals surface area contributed by atoms with Crippen LogP contribution in [0.2, 0.25) is 5.02 Å². The zero-order valence-corrected chi connectivity index (χ0v) is 14.9. The molecule has 2 atom stereocenters. The number of piperidine rings is 1. The molecule has 0 radical (unpaired) electrons. The van der Waals surface area contributed by atoms with E-state index in [0.29, 0.717) is 30.5 Å². The molecule has 1 fully saturated rings. The van der Waals surface area contributed by atoms with Gasteiger partial charge < -0.3 is 15.5 Å². The van der Waals surface area contributed by atoms with Gasteiger partial charge in [0.2, 0.25) is 11.8 Å². The molecule has 2 aliphatic rings. The van der Waals surface area contributed by atoms with Crippen LogP contribution in [-0.4, -0.2) is 41.9 Å². The van der Waals surface area contributed by atoms with Gasteiger partial charge in [0, 0.05) is 29.8 Å². The first kappa shape index (κ1) is 17.2. The first-order chi connectivity index (χ1) is 11.4. The topological polar surface area (TPSA) is 66.6 Å². The summed E-state index contributed by atoms with van der Waals surface area (Å²) >= 11 is 6.12. The molecule has 1 saturated heterocycles. The lowest BCUT2D eigenvalue weighted by molar-refractivity contribution is -0.133. The molecule has 0 spiro atoms. The second-order valence-electron chi connectivity index (χ2n) is 6.91. The number of carbonyl (C=O) groups excluding carboxylic acids is 2. The van der Waals surface area contributed by atoms with Crippen LogP contribution >= 0.6 is 11.6 Å². The number of nitrogens with zero attached hydrogens (tertiary/aromatic N) is 2. The predicted molar refractivity (Wildman–Crippen MR) is 95.1 cm³/mol. The number of likely N-dealkylation sites (tertiary alicyclic amines) is 1. The fraction of sp³-hybridized carbons (Fsp3) is 0.556. The van der Waals surface area contributed by atoms with Gasteiger partial charge in [-0.15, -0.1) is 0 Å². The summed E-state index contributed by atoms with van der Waals surface area (Å²) in [6, 6.07) is 5.30. The van der Waals surface area contributed by atoms with E-state index in [1.165, 1.54) is 0 Å². The molecule has 6 heteroatoms. The van der Waals surface area contributed by atoms with E-state index in [2.05, 4.69) is 6.92 Å². The zero-order chi connectivity index (χ0) is 17.4. The Bertz CT molecular complexity index is 654. The molecule has 2 heterocycles. The maximum Gasteiger partial charge on any atom is 0.239 e. The van der Waals surface area contributed by atoms with Gasteiger partial charge in [0.1, 0.15) is 0 Å². The van der Waals surface area contributed by atoms with Crippen molar-refractivity contribution in [2.45, 2.75) is 45.2 Å². The van der Waals surface area contributed by atoms with Crippen LogP contribution in [-0.2, 0) is 16.0 Å². The van der Waals surface area contributed by atoms with Crippen LogP contribution < -0.4 is 10.6 Å². The number of amides is 2. The molecule has 24 heavy (non-hydrogen) atoms. The second kappa shape index (κ2) is 6.73. The summed E-state index contributed by atoms with van der Waals surface area (Å²) < 4.78 is 0. The number of carbonyl (C=O) groups is 2. The number of anilines is 1. The van der Waals surface area contributed by atoms with E-state index in [-0.39, 0.29) is 17.9 Å². The monoisotopic (exact) mass is 349 g/mol. The number of hydrogen-bond donors (Lipinski definition) is 1. The molecule has 5 nitrogen and oxygen atoms in total. The fourth-order valence-electron chi connectivity index (χ4n) is 3.84. The maximum absolute atomic E-state index is 12.5. The minimum Gasteiger partial charge on any atom is -0.341 e. The Morgan fingerprint density at radius 3 is 2.58 bits per heavy atom. The summed E-state index contributed by atoms with van der Waals surface area (Å²) in [5, 5.41) is 0.651. The molecule has 1 aromatic carbocycles. The number of fused-ring (bicyclic) bond motifs is 1. The van der Waals surface area contributed by atoms with Gasteiger partial charge in [0.05, 0.1) is 12.5 Å². The van der Waals surface area contributed by atoms with E-state index in [1.807, 2.05) is 28.0 Å². The lowest BCUT2D eigenvalue weighted by atomic mass is 9.89. The van der Waals surface area contributed by atoms with E-state index in [1.54, 1.807) is 6.92 Å². The van der Waals surface area contributed by atoms with Crippen LogP contribution in [0.25, 0.3) is 0 Å². The summed E-state index contributed by atoms with van der Waals surface area (Å²) in [4.78, 5) is 28.2. The summed E-state index contributed by atoms with van der Waals surface area (Å²) in [6.07, 6.45) is 2.22. The van der Waals surface area contributed by atoms with Crippen molar-refractivity contribution in [2.75, 3.05) is 18.0 Å². The largest absolute Gasteiger partial charge is 0.341 e. The third-order valence-corrected chi connectivity index (χ3v) is 5.48. The Kier molecular flexibility index (Phi) is 4.83. The van der Waals surface area contributed by atoms with Crippen LogP contribution in [0.3, 0.4) is 0 Å². The molecular weight excluding hydrogens is 326 g/mol. The van der Waals surface area contributed by atoms with Crippen LogP contribution in [0.5, 0.6) is 0 Å².